The first-order valence-electron chi connectivity index (χ1n) is 6.86. The smallest absolute Gasteiger partial charge is 0.220 e. The molecule has 1 fully saturated rings. The number of carbonyl (C=O) groups is 1. The van der Waals surface area contributed by atoms with E-state index in [1.165, 1.54) is 32.1 Å². The molecule has 0 spiro atoms. The third-order valence-electron chi connectivity index (χ3n) is 3.63. The van der Waals surface area contributed by atoms with Crippen molar-refractivity contribution in [1.82, 2.24) is 5.32 Å². The highest BCUT2D eigenvalue weighted by molar-refractivity contribution is 6.18. The minimum Gasteiger partial charge on any atom is -0.356 e. The molecule has 3 heteroatoms. The SMILES string of the molecule is CC(C)(CCl)CNC(=O)CCC1CCCCC1. The number of rotatable bonds is 6. The Kier molecular flexibility index (Phi) is 6.32. The molecule has 1 N–H and O–H groups in total. The van der Waals surface area contributed by atoms with Crippen LogP contribution in [0.1, 0.15) is 58.8 Å². The third-order valence-corrected chi connectivity index (χ3v) is 4.35. The zero-order chi connectivity index (χ0) is 12.7. The largest absolute Gasteiger partial charge is 0.356 e. The predicted octanol–water partition coefficient (Wildman–Crippen LogP) is 3.73. The summed E-state index contributed by atoms with van der Waals surface area (Å²) in [4.78, 5) is 11.7. The number of hydrogen-bond acceptors (Lipinski definition) is 1. The zero-order valence-corrected chi connectivity index (χ0v) is 12.0. The van der Waals surface area contributed by atoms with Gasteiger partial charge in [0.1, 0.15) is 0 Å². The number of hydrogen-bond donors (Lipinski definition) is 1. The van der Waals surface area contributed by atoms with Gasteiger partial charge in [-0.1, -0.05) is 46.0 Å². The van der Waals surface area contributed by atoms with Crippen molar-refractivity contribution in [2.75, 3.05) is 12.4 Å². The summed E-state index contributed by atoms with van der Waals surface area (Å²) in [5.74, 6) is 1.56. The molecule has 0 atom stereocenters. The van der Waals surface area contributed by atoms with Gasteiger partial charge in [0.2, 0.25) is 5.91 Å². The number of carbonyl (C=O) groups excluding carboxylic acids is 1. The Morgan fingerprint density at radius 1 is 1.29 bits per heavy atom. The molecular formula is C14H26ClNO. The highest BCUT2D eigenvalue weighted by Crippen LogP contribution is 2.27. The summed E-state index contributed by atoms with van der Waals surface area (Å²) >= 11 is 5.82. The van der Waals surface area contributed by atoms with Crippen LogP contribution >= 0.6 is 11.6 Å². The molecule has 0 bridgehead atoms. The lowest BCUT2D eigenvalue weighted by molar-refractivity contribution is -0.121. The highest BCUT2D eigenvalue weighted by Gasteiger charge is 2.18. The zero-order valence-electron chi connectivity index (χ0n) is 11.2. The Bertz CT molecular complexity index is 234. The minimum absolute atomic E-state index is 0.00204. The molecule has 0 aromatic heterocycles. The van der Waals surface area contributed by atoms with E-state index in [0.29, 0.717) is 18.8 Å². The third kappa shape index (κ3) is 6.30. The molecule has 100 valence electrons. The molecule has 1 aliphatic rings. The van der Waals surface area contributed by atoms with E-state index in [2.05, 4.69) is 19.2 Å². The van der Waals surface area contributed by atoms with E-state index in [1.54, 1.807) is 0 Å². The Balaban J connectivity index is 2.12. The van der Waals surface area contributed by atoms with Crippen LogP contribution in [0.25, 0.3) is 0 Å². The van der Waals surface area contributed by atoms with Crippen LogP contribution in [0.3, 0.4) is 0 Å². The molecule has 1 rings (SSSR count). The molecule has 0 saturated heterocycles. The van der Waals surface area contributed by atoms with E-state index in [9.17, 15) is 4.79 Å². The molecule has 1 aliphatic carbocycles. The van der Waals surface area contributed by atoms with Gasteiger partial charge in [-0.15, -0.1) is 11.6 Å². The van der Waals surface area contributed by atoms with Crippen LogP contribution in [-0.4, -0.2) is 18.3 Å². The van der Waals surface area contributed by atoms with Gasteiger partial charge in [0.25, 0.3) is 0 Å². The average molecular weight is 260 g/mol. The van der Waals surface area contributed by atoms with E-state index >= 15 is 0 Å². The van der Waals surface area contributed by atoms with Gasteiger partial charge >= 0.3 is 0 Å². The van der Waals surface area contributed by atoms with Crippen molar-refractivity contribution >= 4 is 17.5 Å². The normalized spacial score (nSPS) is 18.1. The summed E-state index contributed by atoms with van der Waals surface area (Å²) in [6.07, 6.45) is 8.47. The lowest BCUT2D eigenvalue weighted by Crippen LogP contribution is -2.35. The standard InChI is InChI=1S/C14H26ClNO/c1-14(2,10-15)11-16-13(17)9-8-12-6-4-3-5-7-12/h12H,3-11H2,1-2H3,(H,16,17). The monoisotopic (exact) mass is 259 g/mol. The second-order valence-corrected chi connectivity index (χ2v) is 6.38. The van der Waals surface area contributed by atoms with Crippen LogP contribution in [0.2, 0.25) is 0 Å². The molecule has 0 aromatic carbocycles. The van der Waals surface area contributed by atoms with Crippen molar-refractivity contribution in [3.05, 3.63) is 0 Å². The van der Waals surface area contributed by atoms with Crippen LogP contribution in [0.15, 0.2) is 0 Å². The molecule has 2 nitrogen and oxygen atoms in total. The topological polar surface area (TPSA) is 29.1 Å². The summed E-state index contributed by atoms with van der Waals surface area (Å²) in [5.41, 5.74) is 0.00204. The quantitative estimate of drug-likeness (QED) is 0.724. The first-order chi connectivity index (χ1) is 8.03. The summed E-state index contributed by atoms with van der Waals surface area (Å²) in [7, 11) is 0. The Morgan fingerprint density at radius 2 is 1.94 bits per heavy atom. The first kappa shape index (κ1) is 14.8. The van der Waals surface area contributed by atoms with Crippen molar-refractivity contribution in [3.8, 4) is 0 Å². The molecule has 1 amide bonds. The van der Waals surface area contributed by atoms with E-state index in [4.69, 9.17) is 11.6 Å². The Labute approximate surface area is 110 Å². The van der Waals surface area contributed by atoms with Gasteiger partial charge in [-0.25, -0.2) is 0 Å². The summed E-state index contributed by atoms with van der Waals surface area (Å²) < 4.78 is 0. The lowest BCUT2D eigenvalue weighted by Gasteiger charge is -2.23. The number of alkyl halides is 1. The Morgan fingerprint density at radius 3 is 2.53 bits per heavy atom. The molecule has 0 unspecified atom stereocenters. The maximum Gasteiger partial charge on any atom is 0.220 e. The first-order valence-corrected chi connectivity index (χ1v) is 7.39. The lowest BCUT2D eigenvalue weighted by atomic mass is 9.86. The van der Waals surface area contributed by atoms with E-state index < -0.39 is 0 Å². The van der Waals surface area contributed by atoms with Crippen molar-refractivity contribution in [2.45, 2.75) is 58.8 Å². The summed E-state index contributed by atoms with van der Waals surface area (Å²) in [6, 6.07) is 0. The van der Waals surface area contributed by atoms with Crippen LogP contribution in [0.5, 0.6) is 0 Å². The average Bonchev–Trinajstić information content (AvgIpc) is 2.35. The maximum absolute atomic E-state index is 11.7. The van der Waals surface area contributed by atoms with Gasteiger partial charge in [-0.05, 0) is 17.8 Å². The molecule has 0 radical (unpaired) electrons. The highest BCUT2D eigenvalue weighted by atomic mass is 35.5. The van der Waals surface area contributed by atoms with Crippen molar-refractivity contribution in [3.63, 3.8) is 0 Å². The minimum atomic E-state index is 0.00204. The van der Waals surface area contributed by atoms with E-state index in [-0.39, 0.29) is 11.3 Å². The van der Waals surface area contributed by atoms with Crippen LogP contribution in [0, 0.1) is 11.3 Å². The number of halogens is 1. The van der Waals surface area contributed by atoms with Crippen LogP contribution in [-0.2, 0) is 4.79 Å². The second kappa shape index (κ2) is 7.25. The van der Waals surface area contributed by atoms with Gasteiger partial charge in [-0.3, -0.25) is 4.79 Å². The molecule has 0 heterocycles. The van der Waals surface area contributed by atoms with E-state index in [0.717, 1.165) is 12.3 Å². The fourth-order valence-electron chi connectivity index (χ4n) is 2.28. The Hall–Kier alpha value is -0.240. The van der Waals surface area contributed by atoms with Crippen molar-refractivity contribution in [1.29, 1.82) is 0 Å². The van der Waals surface area contributed by atoms with Gasteiger partial charge in [0, 0.05) is 18.8 Å². The number of amides is 1. The molecular weight excluding hydrogens is 234 g/mol. The molecule has 0 aliphatic heterocycles. The van der Waals surface area contributed by atoms with Gasteiger partial charge in [-0.2, -0.15) is 0 Å². The molecule has 17 heavy (non-hydrogen) atoms. The fourth-order valence-corrected chi connectivity index (χ4v) is 2.38. The number of nitrogens with one attached hydrogen (secondary N) is 1. The van der Waals surface area contributed by atoms with E-state index in [1.807, 2.05) is 0 Å². The fraction of sp³-hybridized carbons (Fsp3) is 0.929. The van der Waals surface area contributed by atoms with Gasteiger partial charge in [0.15, 0.2) is 0 Å². The van der Waals surface area contributed by atoms with Gasteiger partial charge < -0.3 is 5.32 Å². The summed E-state index contributed by atoms with van der Waals surface area (Å²) in [5, 5.41) is 2.99. The second-order valence-electron chi connectivity index (χ2n) is 6.12. The summed E-state index contributed by atoms with van der Waals surface area (Å²) in [6.45, 7) is 4.82. The van der Waals surface area contributed by atoms with Crippen LogP contribution < -0.4 is 5.32 Å². The maximum atomic E-state index is 11.7. The predicted molar refractivity (Wildman–Crippen MR) is 73.3 cm³/mol. The van der Waals surface area contributed by atoms with Crippen molar-refractivity contribution < 1.29 is 4.79 Å². The van der Waals surface area contributed by atoms with Crippen LogP contribution in [0.4, 0.5) is 0 Å². The van der Waals surface area contributed by atoms with Crippen molar-refractivity contribution in [2.24, 2.45) is 11.3 Å². The molecule has 0 aromatic rings. The van der Waals surface area contributed by atoms with Gasteiger partial charge in [0.05, 0.1) is 0 Å². The molecule has 1 saturated carbocycles.